The minimum absolute atomic E-state index is 0.196. The van der Waals surface area contributed by atoms with Crippen LogP contribution in [0.1, 0.15) is 28.7 Å². The lowest BCUT2D eigenvalue weighted by Gasteiger charge is -2.09. The van der Waals surface area contributed by atoms with E-state index in [4.69, 9.17) is 0 Å². The van der Waals surface area contributed by atoms with Gasteiger partial charge in [-0.05, 0) is 13.8 Å². The van der Waals surface area contributed by atoms with Crippen molar-refractivity contribution >= 4 is 5.91 Å². The van der Waals surface area contributed by atoms with Gasteiger partial charge in [0.05, 0.1) is 17.5 Å². The van der Waals surface area contributed by atoms with Crippen LogP contribution in [-0.4, -0.2) is 25.7 Å². The fourth-order valence-corrected chi connectivity index (χ4v) is 2.40. The number of carbonyl (C=O) groups excluding carboxylic acids is 1. The molecule has 1 aromatic carbocycles. The first-order valence-electron chi connectivity index (χ1n) is 7.86. The Labute approximate surface area is 140 Å². The number of rotatable bonds is 5. The molecule has 1 amide bonds. The highest BCUT2D eigenvalue weighted by Crippen LogP contribution is 2.21. The van der Waals surface area contributed by atoms with E-state index >= 15 is 0 Å². The molecule has 122 valence electrons. The van der Waals surface area contributed by atoms with Gasteiger partial charge >= 0.3 is 0 Å². The van der Waals surface area contributed by atoms with Gasteiger partial charge in [-0.25, -0.2) is 9.97 Å². The normalized spacial score (nSPS) is 10.6. The molecule has 0 unspecified atom stereocenters. The number of hydrogen-bond acceptors (Lipinski definition) is 4. The zero-order valence-corrected chi connectivity index (χ0v) is 13.7. The Balaban J connectivity index is 1.82. The summed E-state index contributed by atoms with van der Waals surface area (Å²) in [5, 5.41) is 7.11. The Kier molecular flexibility index (Phi) is 4.65. The Morgan fingerprint density at radius 2 is 2.00 bits per heavy atom. The molecule has 0 atom stereocenters. The van der Waals surface area contributed by atoms with Crippen molar-refractivity contribution in [3.63, 3.8) is 0 Å². The monoisotopic (exact) mass is 321 g/mol. The maximum Gasteiger partial charge on any atom is 0.255 e. The molecule has 0 spiro atoms. The van der Waals surface area contributed by atoms with Crippen LogP contribution in [0.2, 0.25) is 0 Å². The second-order valence-corrected chi connectivity index (χ2v) is 5.43. The fraction of sp³-hybridized carbons (Fsp3) is 0.222. The van der Waals surface area contributed by atoms with E-state index in [2.05, 4.69) is 20.4 Å². The molecule has 0 radical (unpaired) electrons. The Morgan fingerprint density at radius 3 is 2.71 bits per heavy atom. The molecule has 0 fully saturated rings. The van der Waals surface area contributed by atoms with E-state index in [1.165, 1.54) is 0 Å². The summed E-state index contributed by atoms with van der Waals surface area (Å²) in [5.41, 5.74) is 2.96. The summed E-state index contributed by atoms with van der Waals surface area (Å²) in [6, 6.07) is 9.65. The zero-order chi connectivity index (χ0) is 16.9. The molecular weight excluding hydrogens is 302 g/mol. The smallest absolute Gasteiger partial charge is 0.255 e. The number of aromatic nitrogens is 4. The van der Waals surface area contributed by atoms with Crippen LogP contribution in [0.15, 0.2) is 48.9 Å². The largest absolute Gasteiger partial charge is 0.348 e. The van der Waals surface area contributed by atoms with Crippen LogP contribution in [0.4, 0.5) is 0 Å². The number of carbonyl (C=O) groups is 1. The third-order valence-corrected chi connectivity index (χ3v) is 3.66. The maximum atomic E-state index is 12.6. The highest BCUT2D eigenvalue weighted by atomic mass is 16.1. The van der Waals surface area contributed by atoms with Crippen LogP contribution < -0.4 is 5.32 Å². The van der Waals surface area contributed by atoms with Gasteiger partial charge in [0.25, 0.3) is 5.91 Å². The molecule has 3 aromatic rings. The summed E-state index contributed by atoms with van der Waals surface area (Å²) in [6.45, 7) is 5.05. The van der Waals surface area contributed by atoms with E-state index in [1.54, 1.807) is 12.4 Å². The summed E-state index contributed by atoms with van der Waals surface area (Å²) in [6.07, 6.45) is 5.26. The van der Waals surface area contributed by atoms with Gasteiger partial charge in [0.1, 0.15) is 5.82 Å². The van der Waals surface area contributed by atoms with Crippen LogP contribution in [0.3, 0.4) is 0 Å². The molecular formula is C18H19N5O. The van der Waals surface area contributed by atoms with Gasteiger partial charge in [-0.15, -0.1) is 0 Å². The molecule has 6 nitrogen and oxygen atoms in total. The molecule has 0 aliphatic rings. The number of nitrogens with one attached hydrogen (secondary N) is 1. The van der Waals surface area contributed by atoms with Gasteiger partial charge < -0.3 is 5.32 Å². The predicted molar refractivity (Wildman–Crippen MR) is 91.3 cm³/mol. The number of amides is 1. The summed E-state index contributed by atoms with van der Waals surface area (Å²) in [4.78, 5) is 21.2. The van der Waals surface area contributed by atoms with Gasteiger partial charge in [-0.3, -0.25) is 9.48 Å². The average Bonchev–Trinajstić information content (AvgIpc) is 3.08. The number of aryl methyl sites for hydroxylation is 2. The van der Waals surface area contributed by atoms with Crippen molar-refractivity contribution in [2.24, 2.45) is 0 Å². The van der Waals surface area contributed by atoms with Gasteiger partial charge in [-0.2, -0.15) is 5.10 Å². The Morgan fingerprint density at radius 1 is 1.21 bits per heavy atom. The van der Waals surface area contributed by atoms with Crippen molar-refractivity contribution in [2.75, 3.05) is 0 Å². The summed E-state index contributed by atoms with van der Waals surface area (Å²) in [7, 11) is 0. The number of hydrogen-bond donors (Lipinski definition) is 1. The highest BCUT2D eigenvalue weighted by molar-refractivity contribution is 5.99. The first kappa shape index (κ1) is 15.9. The van der Waals surface area contributed by atoms with Crippen molar-refractivity contribution in [3.05, 3.63) is 65.9 Å². The maximum absolute atomic E-state index is 12.6. The van der Waals surface area contributed by atoms with Crippen molar-refractivity contribution in [1.82, 2.24) is 25.1 Å². The predicted octanol–water partition coefficient (Wildman–Crippen LogP) is 2.60. The van der Waals surface area contributed by atoms with Gasteiger partial charge in [0, 0.05) is 36.6 Å². The summed E-state index contributed by atoms with van der Waals surface area (Å²) >= 11 is 0. The van der Waals surface area contributed by atoms with E-state index < -0.39 is 0 Å². The molecule has 6 heteroatoms. The van der Waals surface area contributed by atoms with Crippen LogP contribution in [0.5, 0.6) is 0 Å². The molecule has 0 saturated heterocycles. The molecule has 0 aliphatic carbocycles. The highest BCUT2D eigenvalue weighted by Gasteiger charge is 2.15. The van der Waals surface area contributed by atoms with Crippen molar-refractivity contribution in [3.8, 4) is 11.3 Å². The molecule has 24 heavy (non-hydrogen) atoms. The lowest BCUT2D eigenvalue weighted by atomic mass is 10.1. The third kappa shape index (κ3) is 3.48. The first-order valence-corrected chi connectivity index (χ1v) is 7.86. The SMILES string of the molecule is CCn1cc(CNC(=O)c2cnc(C)nc2-c2ccccc2)cn1. The lowest BCUT2D eigenvalue weighted by molar-refractivity contribution is 0.0951. The minimum Gasteiger partial charge on any atom is -0.348 e. The summed E-state index contributed by atoms with van der Waals surface area (Å²) < 4.78 is 1.83. The van der Waals surface area contributed by atoms with E-state index in [0.717, 1.165) is 17.7 Å². The Hall–Kier alpha value is -3.02. The van der Waals surface area contributed by atoms with Crippen molar-refractivity contribution < 1.29 is 4.79 Å². The molecule has 2 heterocycles. The topological polar surface area (TPSA) is 72.7 Å². The van der Waals surface area contributed by atoms with E-state index in [0.29, 0.717) is 23.6 Å². The van der Waals surface area contributed by atoms with E-state index in [9.17, 15) is 4.79 Å². The standard InChI is InChI=1S/C18H19N5O/c1-3-23-12-14(10-21-23)9-20-18(24)16-11-19-13(2)22-17(16)15-7-5-4-6-8-15/h4-8,10-12H,3,9H2,1-2H3,(H,20,24). The van der Waals surface area contributed by atoms with E-state index in [-0.39, 0.29) is 5.91 Å². The molecule has 1 N–H and O–H groups in total. The lowest BCUT2D eigenvalue weighted by Crippen LogP contribution is -2.24. The molecule has 0 aliphatic heterocycles. The number of nitrogens with zero attached hydrogens (tertiary/aromatic N) is 4. The number of benzene rings is 1. The van der Waals surface area contributed by atoms with Crippen LogP contribution in [0.25, 0.3) is 11.3 Å². The van der Waals surface area contributed by atoms with Crippen molar-refractivity contribution in [2.45, 2.75) is 26.9 Å². The van der Waals surface area contributed by atoms with Crippen molar-refractivity contribution in [1.29, 1.82) is 0 Å². The molecule has 2 aromatic heterocycles. The quantitative estimate of drug-likeness (QED) is 0.784. The van der Waals surface area contributed by atoms with Crippen LogP contribution >= 0.6 is 0 Å². The second-order valence-electron chi connectivity index (χ2n) is 5.43. The zero-order valence-electron chi connectivity index (χ0n) is 13.7. The minimum atomic E-state index is -0.196. The molecule has 0 saturated carbocycles. The average molecular weight is 321 g/mol. The summed E-state index contributed by atoms with van der Waals surface area (Å²) in [5.74, 6) is 0.438. The van der Waals surface area contributed by atoms with Crippen LogP contribution in [0, 0.1) is 6.92 Å². The fourth-order valence-electron chi connectivity index (χ4n) is 2.40. The van der Waals surface area contributed by atoms with Gasteiger partial charge in [0.15, 0.2) is 0 Å². The third-order valence-electron chi connectivity index (χ3n) is 3.66. The Bertz CT molecular complexity index is 842. The van der Waals surface area contributed by atoms with Gasteiger partial charge in [0.2, 0.25) is 0 Å². The van der Waals surface area contributed by atoms with E-state index in [1.807, 2.05) is 55.1 Å². The van der Waals surface area contributed by atoms with Gasteiger partial charge in [-0.1, -0.05) is 30.3 Å². The molecule has 3 rings (SSSR count). The second kappa shape index (κ2) is 7.04. The van der Waals surface area contributed by atoms with Crippen LogP contribution in [-0.2, 0) is 13.1 Å². The molecule has 0 bridgehead atoms. The first-order chi connectivity index (χ1) is 11.7.